The molecular formula is C12H7F2LiN2O3. The first-order chi connectivity index (χ1) is 9.09. The molecule has 0 N–H and O–H groups in total. The van der Waals surface area contributed by atoms with E-state index in [2.05, 4.69) is 4.98 Å². The van der Waals surface area contributed by atoms with Gasteiger partial charge in [-0.25, -0.2) is 13.8 Å². The zero-order valence-corrected chi connectivity index (χ0v) is 10.5. The van der Waals surface area contributed by atoms with Gasteiger partial charge in [-0.05, 0) is 6.07 Å². The second kappa shape index (κ2) is 5.27. The summed E-state index contributed by atoms with van der Waals surface area (Å²) in [6.45, 7) is 0.501. The second-order valence-electron chi connectivity index (χ2n) is 4.03. The van der Waals surface area contributed by atoms with E-state index in [1.165, 1.54) is 12.5 Å². The number of carboxylic acids is 1. The fraction of sp³-hybridized carbons (Fsp3) is 0.167. The monoisotopic (exact) mass is 272 g/mol. The standard InChI is InChI=1S/C12H8F2N2O3.Li/c13-7-3-6(12(17)18)10(14)9-8-4-15-5-16(8)1-2-19-11(7)9;/h3-5H,1-2H2,(H,17,18);/q;+1/p-1. The Morgan fingerprint density at radius 3 is 2.90 bits per heavy atom. The molecule has 5 nitrogen and oxygen atoms in total. The van der Waals surface area contributed by atoms with E-state index >= 15 is 0 Å². The van der Waals surface area contributed by atoms with Crippen molar-refractivity contribution in [2.45, 2.75) is 6.54 Å². The van der Waals surface area contributed by atoms with Gasteiger partial charge in [-0.15, -0.1) is 0 Å². The molecule has 0 saturated carbocycles. The maximum Gasteiger partial charge on any atom is 1.00 e. The van der Waals surface area contributed by atoms with Gasteiger partial charge in [0.15, 0.2) is 11.6 Å². The predicted octanol–water partition coefficient (Wildman–Crippen LogP) is -2.41. The molecule has 1 aliphatic heterocycles. The fourth-order valence-corrected chi connectivity index (χ4v) is 2.08. The van der Waals surface area contributed by atoms with E-state index in [-0.39, 0.29) is 42.5 Å². The van der Waals surface area contributed by atoms with Gasteiger partial charge in [0.05, 0.1) is 36.3 Å². The molecule has 0 fully saturated rings. The van der Waals surface area contributed by atoms with Gasteiger partial charge in [0, 0.05) is 5.56 Å². The van der Waals surface area contributed by atoms with E-state index in [0.717, 1.165) is 0 Å². The van der Waals surface area contributed by atoms with E-state index < -0.39 is 23.2 Å². The normalized spacial score (nSPS) is 12.5. The zero-order valence-electron chi connectivity index (χ0n) is 10.5. The van der Waals surface area contributed by atoms with Crippen molar-refractivity contribution in [3.05, 3.63) is 35.8 Å². The van der Waals surface area contributed by atoms with Crippen LogP contribution in [0.15, 0.2) is 18.6 Å². The Morgan fingerprint density at radius 1 is 1.45 bits per heavy atom. The molecule has 20 heavy (non-hydrogen) atoms. The second-order valence-corrected chi connectivity index (χ2v) is 4.03. The van der Waals surface area contributed by atoms with Crippen molar-refractivity contribution in [1.29, 1.82) is 0 Å². The Hall–Kier alpha value is -1.84. The van der Waals surface area contributed by atoms with Crippen molar-refractivity contribution in [1.82, 2.24) is 9.55 Å². The molecule has 0 aliphatic carbocycles. The van der Waals surface area contributed by atoms with E-state index in [4.69, 9.17) is 4.74 Å². The molecule has 0 saturated heterocycles. The summed E-state index contributed by atoms with van der Waals surface area (Å²) >= 11 is 0. The first-order valence-corrected chi connectivity index (χ1v) is 5.46. The van der Waals surface area contributed by atoms with Crippen molar-refractivity contribution in [2.75, 3.05) is 6.61 Å². The quantitative estimate of drug-likeness (QED) is 0.542. The molecule has 0 spiro atoms. The van der Waals surface area contributed by atoms with Gasteiger partial charge in [0.1, 0.15) is 12.4 Å². The third-order valence-electron chi connectivity index (χ3n) is 2.94. The first kappa shape index (κ1) is 14.6. The molecular weight excluding hydrogens is 265 g/mol. The molecule has 98 valence electrons. The molecule has 0 bridgehead atoms. The molecule has 0 atom stereocenters. The third-order valence-corrected chi connectivity index (χ3v) is 2.94. The van der Waals surface area contributed by atoms with E-state index in [1.54, 1.807) is 4.57 Å². The van der Waals surface area contributed by atoms with Crippen LogP contribution in [0, 0.1) is 11.6 Å². The molecule has 3 rings (SSSR count). The zero-order chi connectivity index (χ0) is 13.6. The number of fused-ring (bicyclic) bond motifs is 3. The van der Waals surface area contributed by atoms with Crippen molar-refractivity contribution < 1.29 is 42.3 Å². The van der Waals surface area contributed by atoms with Gasteiger partial charge in [0.2, 0.25) is 0 Å². The van der Waals surface area contributed by atoms with Crippen molar-refractivity contribution in [2.24, 2.45) is 0 Å². The molecule has 0 unspecified atom stereocenters. The smallest absolute Gasteiger partial charge is 0.545 e. The average molecular weight is 272 g/mol. The number of rotatable bonds is 1. The largest absolute Gasteiger partial charge is 1.00 e. The summed E-state index contributed by atoms with van der Waals surface area (Å²) in [5.41, 5.74) is -0.810. The van der Waals surface area contributed by atoms with Crippen LogP contribution in [0.25, 0.3) is 11.3 Å². The Balaban J connectivity index is 0.00000147. The summed E-state index contributed by atoms with van der Waals surface area (Å²) in [6, 6.07) is 0.565. The van der Waals surface area contributed by atoms with Crippen LogP contribution in [-0.4, -0.2) is 22.1 Å². The summed E-state index contributed by atoms with van der Waals surface area (Å²) in [7, 11) is 0. The Kier molecular flexibility index (Phi) is 3.84. The summed E-state index contributed by atoms with van der Waals surface area (Å²) in [4.78, 5) is 14.7. The van der Waals surface area contributed by atoms with Gasteiger partial charge >= 0.3 is 18.9 Å². The summed E-state index contributed by atoms with van der Waals surface area (Å²) in [6.07, 6.45) is 2.77. The van der Waals surface area contributed by atoms with Crippen molar-refractivity contribution in [3.63, 3.8) is 0 Å². The van der Waals surface area contributed by atoms with E-state index in [9.17, 15) is 18.7 Å². The first-order valence-electron chi connectivity index (χ1n) is 5.46. The van der Waals surface area contributed by atoms with Crippen LogP contribution in [0.2, 0.25) is 0 Å². The minimum atomic E-state index is -1.78. The van der Waals surface area contributed by atoms with Crippen LogP contribution in [-0.2, 0) is 6.54 Å². The molecule has 0 amide bonds. The van der Waals surface area contributed by atoms with Gasteiger partial charge in [-0.1, -0.05) is 0 Å². The number of carboxylic acid groups (broad SMARTS) is 1. The molecule has 1 aromatic carbocycles. The summed E-state index contributed by atoms with van der Waals surface area (Å²) < 4.78 is 34.8. The third kappa shape index (κ3) is 2.09. The van der Waals surface area contributed by atoms with Crippen molar-refractivity contribution in [3.8, 4) is 17.0 Å². The minimum absolute atomic E-state index is 0. The van der Waals surface area contributed by atoms with Crippen LogP contribution in [0.5, 0.6) is 5.75 Å². The van der Waals surface area contributed by atoms with Crippen LogP contribution in [0.3, 0.4) is 0 Å². The number of benzene rings is 1. The predicted molar refractivity (Wildman–Crippen MR) is 57.4 cm³/mol. The Bertz CT molecular complexity index is 688. The minimum Gasteiger partial charge on any atom is -0.545 e. The number of nitrogens with zero attached hydrogens (tertiary/aromatic N) is 2. The molecule has 2 aromatic rings. The maximum atomic E-state index is 14.2. The van der Waals surface area contributed by atoms with E-state index in [1.807, 2.05) is 0 Å². The van der Waals surface area contributed by atoms with Crippen LogP contribution < -0.4 is 28.7 Å². The molecule has 8 heteroatoms. The maximum absolute atomic E-state index is 14.2. The summed E-state index contributed by atoms with van der Waals surface area (Å²) in [5, 5.41) is 10.8. The molecule has 1 aliphatic rings. The number of imidazole rings is 1. The fourth-order valence-electron chi connectivity index (χ4n) is 2.08. The van der Waals surface area contributed by atoms with Crippen LogP contribution >= 0.6 is 0 Å². The van der Waals surface area contributed by atoms with Gasteiger partial charge in [-0.3, -0.25) is 0 Å². The van der Waals surface area contributed by atoms with E-state index in [0.29, 0.717) is 12.6 Å². The number of carbonyl (C=O) groups excluding carboxylic acids is 1. The number of aromatic carboxylic acids is 1. The number of aromatic nitrogens is 2. The topological polar surface area (TPSA) is 67.2 Å². The van der Waals surface area contributed by atoms with Gasteiger partial charge in [0.25, 0.3) is 0 Å². The average Bonchev–Trinajstić information content (AvgIpc) is 2.73. The van der Waals surface area contributed by atoms with Gasteiger partial charge < -0.3 is 19.2 Å². The summed E-state index contributed by atoms with van der Waals surface area (Å²) in [5.74, 6) is -4.11. The Labute approximate surface area is 124 Å². The van der Waals surface area contributed by atoms with Gasteiger partial charge in [-0.2, -0.15) is 0 Å². The molecule has 1 aromatic heterocycles. The SMILES string of the molecule is O=C([O-])c1cc(F)c2c(c1F)-c1cncn1CCO2.[Li+]. The number of carbonyl (C=O) groups is 1. The molecule has 0 radical (unpaired) electrons. The number of hydrogen-bond acceptors (Lipinski definition) is 4. The number of halogens is 2. The van der Waals surface area contributed by atoms with Crippen LogP contribution in [0.4, 0.5) is 8.78 Å². The number of hydrogen-bond donors (Lipinski definition) is 0. The Morgan fingerprint density at radius 2 is 2.20 bits per heavy atom. The van der Waals surface area contributed by atoms with Crippen LogP contribution in [0.1, 0.15) is 10.4 Å². The van der Waals surface area contributed by atoms with Crippen molar-refractivity contribution >= 4 is 5.97 Å². The molecule has 2 heterocycles. The number of ether oxygens (including phenoxy) is 1.